The molecule has 0 aromatic heterocycles. The van der Waals surface area contributed by atoms with Crippen LogP contribution in [0.1, 0.15) is 15.9 Å². The molecule has 0 fully saturated rings. The number of hydrogen-bond acceptors (Lipinski definition) is 5. The number of para-hydroxylation sites is 1. The number of rotatable bonds is 7. The van der Waals surface area contributed by atoms with Crippen LogP contribution in [0.5, 0.6) is 11.5 Å². The molecule has 0 aliphatic heterocycles. The number of phenols is 1. The Morgan fingerprint density at radius 3 is 2.48 bits per heavy atom. The Bertz CT molecular complexity index is 817. The van der Waals surface area contributed by atoms with Crippen LogP contribution in [-0.4, -0.2) is 30.1 Å². The first-order valence-corrected chi connectivity index (χ1v) is 7.91. The van der Waals surface area contributed by atoms with Crippen molar-refractivity contribution in [3.8, 4) is 11.5 Å². The first-order chi connectivity index (χ1) is 12.0. The van der Waals surface area contributed by atoms with Gasteiger partial charge in [0.2, 0.25) is 0 Å². The molecule has 0 atom stereocenters. The third kappa shape index (κ3) is 4.53. The Balaban J connectivity index is 2.20. The second-order valence-electron chi connectivity index (χ2n) is 4.85. The number of hydrogen-bond donors (Lipinski definition) is 1. The zero-order valence-corrected chi connectivity index (χ0v) is 14.5. The summed E-state index contributed by atoms with van der Waals surface area (Å²) in [4.78, 5) is 23.9. The van der Waals surface area contributed by atoms with E-state index in [2.05, 4.69) is 6.58 Å². The van der Waals surface area contributed by atoms with Gasteiger partial charge in [0.15, 0.2) is 12.4 Å². The smallest absolute Gasteiger partial charge is 0.344 e. The summed E-state index contributed by atoms with van der Waals surface area (Å²) in [6.07, 6.45) is 1.43. The zero-order chi connectivity index (χ0) is 18.4. The number of esters is 1. The van der Waals surface area contributed by atoms with Gasteiger partial charge >= 0.3 is 5.97 Å². The van der Waals surface area contributed by atoms with Crippen molar-refractivity contribution < 1.29 is 24.2 Å². The molecule has 0 saturated heterocycles. The lowest BCUT2D eigenvalue weighted by molar-refractivity contribution is -0.144. The Morgan fingerprint density at radius 1 is 1.08 bits per heavy atom. The first-order valence-electron chi connectivity index (χ1n) is 7.15. The highest BCUT2D eigenvalue weighted by Crippen LogP contribution is 2.36. The van der Waals surface area contributed by atoms with Crippen LogP contribution in [0.3, 0.4) is 0 Å². The Morgan fingerprint density at radius 2 is 1.80 bits per heavy atom. The summed E-state index contributed by atoms with van der Waals surface area (Å²) in [5.74, 6) is -1.11. The minimum atomic E-state index is -0.596. The monoisotopic (exact) mass is 380 g/mol. The lowest BCUT2D eigenvalue weighted by Gasteiger charge is -2.11. The third-order valence-electron chi connectivity index (χ3n) is 3.15. The summed E-state index contributed by atoms with van der Waals surface area (Å²) in [5, 5.41) is 9.74. The highest BCUT2D eigenvalue weighted by molar-refractivity contribution is 6.45. The topological polar surface area (TPSA) is 72.8 Å². The molecule has 0 bridgehead atoms. The first kappa shape index (κ1) is 18.8. The van der Waals surface area contributed by atoms with E-state index < -0.39 is 11.8 Å². The molecule has 5 nitrogen and oxygen atoms in total. The fourth-order valence-corrected chi connectivity index (χ4v) is 2.42. The van der Waals surface area contributed by atoms with Gasteiger partial charge in [-0.1, -0.05) is 48.0 Å². The van der Waals surface area contributed by atoms with E-state index in [4.69, 9.17) is 32.7 Å². The molecule has 0 aliphatic rings. The minimum absolute atomic E-state index is 0.0144. The SMILES string of the molecule is C=CCOC(=O)COc1ccc(C(=O)c2ccccc2O)c(Cl)c1Cl. The second-order valence-corrected chi connectivity index (χ2v) is 5.60. The maximum Gasteiger partial charge on any atom is 0.344 e. The summed E-state index contributed by atoms with van der Waals surface area (Å²) >= 11 is 12.3. The van der Waals surface area contributed by atoms with Crippen LogP contribution in [-0.2, 0) is 9.53 Å². The summed E-state index contributed by atoms with van der Waals surface area (Å²) in [6, 6.07) is 8.92. The molecule has 0 aliphatic carbocycles. The quantitative estimate of drug-likeness (QED) is 0.445. The number of carbonyl (C=O) groups excluding carboxylic acids is 2. The van der Waals surface area contributed by atoms with Gasteiger partial charge in [0, 0.05) is 5.56 Å². The number of phenolic OH excluding ortho intramolecular Hbond substituents is 1. The summed E-state index contributed by atoms with van der Waals surface area (Å²) in [7, 11) is 0. The van der Waals surface area contributed by atoms with Crippen molar-refractivity contribution in [1.82, 2.24) is 0 Å². The Labute approximate surface area is 154 Å². The van der Waals surface area contributed by atoms with Gasteiger partial charge in [0.1, 0.15) is 23.1 Å². The van der Waals surface area contributed by atoms with E-state index in [9.17, 15) is 14.7 Å². The largest absolute Gasteiger partial charge is 0.507 e. The van der Waals surface area contributed by atoms with Gasteiger partial charge < -0.3 is 14.6 Å². The van der Waals surface area contributed by atoms with E-state index in [0.717, 1.165) is 0 Å². The zero-order valence-electron chi connectivity index (χ0n) is 13.0. The number of benzene rings is 2. The van der Waals surface area contributed by atoms with Crippen LogP contribution in [0.15, 0.2) is 49.1 Å². The fourth-order valence-electron chi connectivity index (χ4n) is 1.96. The maximum atomic E-state index is 12.5. The molecule has 0 spiro atoms. The van der Waals surface area contributed by atoms with Gasteiger partial charge in [-0.05, 0) is 24.3 Å². The van der Waals surface area contributed by atoms with E-state index in [1.807, 2.05) is 0 Å². The second kappa shape index (κ2) is 8.55. The molecule has 0 radical (unpaired) electrons. The summed E-state index contributed by atoms with van der Waals surface area (Å²) in [5.41, 5.74) is 0.205. The predicted octanol–water partition coefficient (Wildman–Crippen LogP) is 4.04. The minimum Gasteiger partial charge on any atom is -0.507 e. The number of aromatic hydroxyl groups is 1. The van der Waals surface area contributed by atoms with Crippen molar-refractivity contribution in [1.29, 1.82) is 0 Å². The van der Waals surface area contributed by atoms with Crippen LogP contribution in [0.2, 0.25) is 10.0 Å². The lowest BCUT2D eigenvalue weighted by atomic mass is 10.0. The van der Waals surface area contributed by atoms with Crippen LogP contribution < -0.4 is 4.74 Å². The highest BCUT2D eigenvalue weighted by Gasteiger charge is 2.20. The predicted molar refractivity (Wildman–Crippen MR) is 94.7 cm³/mol. The summed E-state index contributed by atoms with van der Waals surface area (Å²) in [6.45, 7) is 3.14. The average molecular weight is 381 g/mol. The van der Waals surface area contributed by atoms with E-state index >= 15 is 0 Å². The van der Waals surface area contributed by atoms with Crippen molar-refractivity contribution in [2.75, 3.05) is 13.2 Å². The third-order valence-corrected chi connectivity index (χ3v) is 4.01. The van der Waals surface area contributed by atoms with Crippen LogP contribution in [0, 0.1) is 0 Å². The molecule has 25 heavy (non-hydrogen) atoms. The highest BCUT2D eigenvalue weighted by atomic mass is 35.5. The molecular formula is C18H14Cl2O5. The number of ketones is 1. The molecule has 0 unspecified atom stereocenters. The summed E-state index contributed by atoms with van der Waals surface area (Å²) < 4.78 is 10.0. The molecule has 0 saturated carbocycles. The van der Waals surface area contributed by atoms with Crippen molar-refractivity contribution >= 4 is 35.0 Å². The van der Waals surface area contributed by atoms with Gasteiger partial charge in [-0.2, -0.15) is 0 Å². The standard InChI is InChI=1S/C18H14Cl2O5/c1-2-9-24-15(22)10-25-14-8-7-12(16(19)17(14)20)18(23)11-5-3-4-6-13(11)21/h2-8,21H,1,9-10H2. The lowest BCUT2D eigenvalue weighted by Crippen LogP contribution is -2.15. The van der Waals surface area contributed by atoms with Crippen molar-refractivity contribution in [3.05, 3.63) is 70.2 Å². The van der Waals surface area contributed by atoms with Crippen molar-refractivity contribution in [3.63, 3.8) is 0 Å². The van der Waals surface area contributed by atoms with E-state index in [1.54, 1.807) is 12.1 Å². The average Bonchev–Trinajstić information content (AvgIpc) is 2.61. The van der Waals surface area contributed by atoms with Gasteiger partial charge in [-0.25, -0.2) is 4.79 Å². The Kier molecular flexibility index (Phi) is 6.44. The molecular weight excluding hydrogens is 367 g/mol. The number of ether oxygens (including phenoxy) is 2. The number of halogens is 2. The molecule has 130 valence electrons. The van der Waals surface area contributed by atoms with Crippen LogP contribution in [0.4, 0.5) is 0 Å². The van der Waals surface area contributed by atoms with Gasteiger partial charge in [-0.15, -0.1) is 0 Å². The van der Waals surface area contributed by atoms with Crippen molar-refractivity contribution in [2.45, 2.75) is 0 Å². The van der Waals surface area contributed by atoms with E-state index in [-0.39, 0.29) is 45.9 Å². The number of carbonyl (C=O) groups is 2. The molecule has 2 rings (SSSR count). The van der Waals surface area contributed by atoms with Crippen molar-refractivity contribution in [2.24, 2.45) is 0 Å². The molecule has 1 N–H and O–H groups in total. The maximum absolute atomic E-state index is 12.5. The van der Waals surface area contributed by atoms with Gasteiger partial charge in [0.25, 0.3) is 0 Å². The molecule has 2 aromatic rings. The van der Waals surface area contributed by atoms with E-state index in [0.29, 0.717) is 0 Å². The normalized spacial score (nSPS) is 10.2. The molecule has 7 heteroatoms. The Hall–Kier alpha value is -2.50. The molecule has 2 aromatic carbocycles. The van der Waals surface area contributed by atoms with Crippen LogP contribution >= 0.6 is 23.2 Å². The molecule has 0 amide bonds. The van der Waals surface area contributed by atoms with Gasteiger partial charge in [0.05, 0.1) is 10.6 Å². The molecule has 0 heterocycles. The van der Waals surface area contributed by atoms with Gasteiger partial charge in [-0.3, -0.25) is 4.79 Å². The van der Waals surface area contributed by atoms with Crippen LogP contribution in [0.25, 0.3) is 0 Å². The van der Waals surface area contributed by atoms with E-state index in [1.165, 1.54) is 30.3 Å². The fraction of sp³-hybridized carbons (Fsp3) is 0.111.